The number of ether oxygens (including phenoxy) is 1. The van der Waals surface area contributed by atoms with Gasteiger partial charge in [-0.3, -0.25) is 4.79 Å². The van der Waals surface area contributed by atoms with E-state index in [4.69, 9.17) is 4.74 Å². The molecule has 0 heterocycles. The maximum Gasteiger partial charge on any atom is 0.260 e. The third-order valence-electron chi connectivity index (χ3n) is 2.94. The van der Waals surface area contributed by atoms with Crippen LogP contribution in [0.2, 0.25) is 0 Å². The van der Waals surface area contributed by atoms with Gasteiger partial charge in [-0.05, 0) is 39.3 Å². The van der Waals surface area contributed by atoms with Gasteiger partial charge < -0.3 is 15.4 Å². The van der Waals surface area contributed by atoms with Crippen LogP contribution in [0.1, 0.15) is 40.2 Å². The van der Waals surface area contributed by atoms with E-state index in [0.717, 1.165) is 24.4 Å². The molecule has 1 aromatic carbocycles. The Kier molecular flexibility index (Phi) is 7.23. The van der Waals surface area contributed by atoms with Gasteiger partial charge in [0, 0.05) is 18.2 Å². The molecular weight excluding hydrogens is 264 g/mol. The lowest BCUT2D eigenvalue weighted by atomic mass is 10.1. The standard InChI is InChI=1S/C17H28N2O2/c1-12(2)10-18-11-15-8-6-7-9-16(15)21-14(5)17(20)19-13(3)4/h6-9,12-14,18H,10-11H2,1-5H3,(H,19,20). The molecule has 1 aromatic rings. The van der Waals surface area contributed by atoms with Crippen molar-refractivity contribution in [3.63, 3.8) is 0 Å². The number of para-hydroxylation sites is 1. The van der Waals surface area contributed by atoms with Gasteiger partial charge in [-0.25, -0.2) is 0 Å². The van der Waals surface area contributed by atoms with E-state index in [1.165, 1.54) is 0 Å². The smallest absolute Gasteiger partial charge is 0.260 e. The summed E-state index contributed by atoms with van der Waals surface area (Å²) < 4.78 is 5.81. The topological polar surface area (TPSA) is 50.4 Å². The molecule has 0 radical (unpaired) electrons. The molecule has 0 spiro atoms. The quantitative estimate of drug-likeness (QED) is 0.774. The average molecular weight is 292 g/mol. The molecular formula is C17H28N2O2. The van der Waals surface area contributed by atoms with E-state index < -0.39 is 6.10 Å². The van der Waals surface area contributed by atoms with E-state index in [0.29, 0.717) is 5.92 Å². The molecule has 0 saturated carbocycles. The maximum absolute atomic E-state index is 11.9. The highest BCUT2D eigenvalue weighted by molar-refractivity contribution is 5.80. The first-order valence-electron chi connectivity index (χ1n) is 7.65. The van der Waals surface area contributed by atoms with Crippen LogP contribution in [-0.2, 0) is 11.3 Å². The zero-order valence-corrected chi connectivity index (χ0v) is 13.8. The Balaban J connectivity index is 2.63. The van der Waals surface area contributed by atoms with E-state index in [1.807, 2.05) is 38.1 Å². The molecule has 0 aliphatic rings. The summed E-state index contributed by atoms with van der Waals surface area (Å²) in [7, 11) is 0. The third-order valence-corrected chi connectivity index (χ3v) is 2.94. The number of nitrogens with one attached hydrogen (secondary N) is 2. The summed E-state index contributed by atoms with van der Waals surface area (Å²) in [5.74, 6) is 1.28. The van der Waals surface area contributed by atoms with Crippen molar-refractivity contribution >= 4 is 5.91 Å². The number of amides is 1. The summed E-state index contributed by atoms with van der Waals surface area (Å²) in [5, 5.41) is 6.26. The van der Waals surface area contributed by atoms with Gasteiger partial charge in [0.2, 0.25) is 0 Å². The largest absolute Gasteiger partial charge is 0.481 e. The van der Waals surface area contributed by atoms with Gasteiger partial charge in [0.15, 0.2) is 6.10 Å². The fourth-order valence-corrected chi connectivity index (χ4v) is 1.91. The van der Waals surface area contributed by atoms with Gasteiger partial charge in [0.1, 0.15) is 5.75 Å². The molecule has 0 aliphatic heterocycles. The molecule has 2 N–H and O–H groups in total. The highest BCUT2D eigenvalue weighted by atomic mass is 16.5. The molecule has 4 nitrogen and oxygen atoms in total. The lowest BCUT2D eigenvalue weighted by Crippen LogP contribution is -2.40. The summed E-state index contributed by atoms with van der Waals surface area (Å²) in [6.45, 7) is 11.7. The summed E-state index contributed by atoms with van der Waals surface area (Å²) in [5.41, 5.74) is 1.07. The zero-order valence-electron chi connectivity index (χ0n) is 13.8. The molecule has 21 heavy (non-hydrogen) atoms. The molecule has 0 fully saturated rings. The first-order valence-corrected chi connectivity index (χ1v) is 7.65. The number of carbonyl (C=O) groups excluding carboxylic acids is 1. The third kappa shape index (κ3) is 6.63. The van der Waals surface area contributed by atoms with Crippen LogP contribution in [0, 0.1) is 5.92 Å². The molecule has 0 aliphatic carbocycles. The number of benzene rings is 1. The molecule has 4 heteroatoms. The van der Waals surface area contributed by atoms with Crippen molar-refractivity contribution in [2.24, 2.45) is 5.92 Å². The van der Waals surface area contributed by atoms with Crippen LogP contribution in [-0.4, -0.2) is 24.6 Å². The van der Waals surface area contributed by atoms with Crippen molar-refractivity contribution in [2.75, 3.05) is 6.54 Å². The number of rotatable bonds is 8. The minimum Gasteiger partial charge on any atom is -0.481 e. The highest BCUT2D eigenvalue weighted by Crippen LogP contribution is 2.19. The molecule has 0 aromatic heterocycles. The van der Waals surface area contributed by atoms with Crippen LogP contribution in [0.25, 0.3) is 0 Å². The summed E-state index contributed by atoms with van der Waals surface area (Å²) >= 11 is 0. The summed E-state index contributed by atoms with van der Waals surface area (Å²) in [6, 6.07) is 7.96. The predicted octanol–water partition coefficient (Wildman–Crippen LogP) is 2.72. The van der Waals surface area contributed by atoms with Crippen LogP contribution >= 0.6 is 0 Å². The Hall–Kier alpha value is -1.55. The monoisotopic (exact) mass is 292 g/mol. The first-order chi connectivity index (χ1) is 9.90. The van der Waals surface area contributed by atoms with E-state index in [2.05, 4.69) is 24.5 Å². The second-order valence-electron chi connectivity index (χ2n) is 6.06. The normalized spacial score (nSPS) is 12.5. The fourth-order valence-electron chi connectivity index (χ4n) is 1.91. The first kappa shape index (κ1) is 17.5. The molecule has 0 saturated heterocycles. The van der Waals surface area contributed by atoms with Crippen molar-refractivity contribution in [1.29, 1.82) is 0 Å². The summed E-state index contributed by atoms with van der Waals surface area (Å²) in [6.07, 6.45) is -0.501. The molecule has 1 rings (SSSR count). The van der Waals surface area contributed by atoms with Gasteiger partial charge in [0.05, 0.1) is 0 Å². The van der Waals surface area contributed by atoms with Gasteiger partial charge in [0.25, 0.3) is 5.91 Å². The SMILES string of the molecule is CC(C)CNCc1ccccc1OC(C)C(=O)NC(C)C. The lowest BCUT2D eigenvalue weighted by Gasteiger charge is -2.19. The fraction of sp³-hybridized carbons (Fsp3) is 0.588. The maximum atomic E-state index is 11.9. The van der Waals surface area contributed by atoms with Crippen LogP contribution in [0.4, 0.5) is 0 Å². The van der Waals surface area contributed by atoms with Crippen molar-refractivity contribution in [1.82, 2.24) is 10.6 Å². The Morgan fingerprint density at radius 2 is 1.81 bits per heavy atom. The van der Waals surface area contributed by atoms with Crippen molar-refractivity contribution in [2.45, 2.75) is 53.3 Å². The van der Waals surface area contributed by atoms with Gasteiger partial charge >= 0.3 is 0 Å². The van der Waals surface area contributed by atoms with E-state index in [-0.39, 0.29) is 11.9 Å². The zero-order chi connectivity index (χ0) is 15.8. The van der Waals surface area contributed by atoms with Gasteiger partial charge in [-0.15, -0.1) is 0 Å². The molecule has 1 amide bonds. The van der Waals surface area contributed by atoms with E-state index in [1.54, 1.807) is 6.92 Å². The Morgan fingerprint density at radius 3 is 2.43 bits per heavy atom. The Morgan fingerprint density at radius 1 is 1.14 bits per heavy atom. The molecule has 1 unspecified atom stereocenters. The molecule has 1 atom stereocenters. The van der Waals surface area contributed by atoms with Crippen molar-refractivity contribution < 1.29 is 9.53 Å². The van der Waals surface area contributed by atoms with E-state index >= 15 is 0 Å². The van der Waals surface area contributed by atoms with Crippen LogP contribution < -0.4 is 15.4 Å². The Bertz CT molecular complexity index is 444. The number of hydrogen-bond donors (Lipinski definition) is 2. The lowest BCUT2D eigenvalue weighted by molar-refractivity contribution is -0.127. The van der Waals surface area contributed by atoms with Crippen LogP contribution in [0.15, 0.2) is 24.3 Å². The van der Waals surface area contributed by atoms with Crippen LogP contribution in [0.5, 0.6) is 5.75 Å². The van der Waals surface area contributed by atoms with Gasteiger partial charge in [-0.1, -0.05) is 32.0 Å². The molecule has 118 valence electrons. The second-order valence-corrected chi connectivity index (χ2v) is 6.06. The van der Waals surface area contributed by atoms with Crippen LogP contribution in [0.3, 0.4) is 0 Å². The van der Waals surface area contributed by atoms with E-state index in [9.17, 15) is 4.79 Å². The summed E-state index contributed by atoms with van der Waals surface area (Å²) in [4.78, 5) is 11.9. The minimum absolute atomic E-state index is 0.0880. The number of carbonyl (C=O) groups is 1. The minimum atomic E-state index is -0.501. The highest BCUT2D eigenvalue weighted by Gasteiger charge is 2.16. The molecule has 0 bridgehead atoms. The Labute approximate surface area is 128 Å². The average Bonchev–Trinajstić information content (AvgIpc) is 2.39. The number of hydrogen-bond acceptors (Lipinski definition) is 3. The van der Waals surface area contributed by atoms with Crippen molar-refractivity contribution in [3.05, 3.63) is 29.8 Å². The predicted molar refractivity (Wildman–Crippen MR) is 86.4 cm³/mol. The van der Waals surface area contributed by atoms with Crippen molar-refractivity contribution in [3.8, 4) is 5.75 Å². The van der Waals surface area contributed by atoms with Gasteiger partial charge in [-0.2, -0.15) is 0 Å². The second kappa shape index (κ2) is 8.67.